The second-order valence-electron chi connectivity index (χ2n) is 3.55. The van der Waals surface area contributed by atoms with E-state index < -0.39 is 0 Å². The van der Waals surface area contributed by atoms with Crippen LogP contribution >= 0.6 is 15.9 Å². The number of rotatable bonds is 7. The van der Waals surface area contributed by atoms with Crippen LogP contribution in [0.2, 0.25) is 0 Å². The Hall–Kier alpha value is -0.840. The molecular weight excluding hydrogens is 268 g/mol. The van der Waals surface area contributed by atoms with Crippen molar-refractivity contribution in [3.63, 3.8) is 0 Å². The van der Waals surface area contributed by atoms with Crippen molar-refractivity contribution < 1.29 is 0 Å². The summed E-state index contributed by atoms with van der Waals surface area (Å²) < 4.78 is 0.911. The second-order valence-corrected chi connectivity index (χ2v) is 4.34. The van der Waals surface area contributed by atoms with Crippen molar-refractivity contribution in [1.82, 2.24) is 9.97 Å². The maximum absolute atomic E-state index is 4.21. The fourth-order valence-electron chi connectivity index (χ4n) is 1.37. The summed E-state index contributed by atoms with van der Waals surface area (Å²) in [6.45, 7) is 6.05. The highest BCUT2D eigenvalue weighted by Gasteiger charge is 2.06. The van der Waals surface area contributed by atoms with Crippen molar-refractivity contribution in [2.24, 2.45) is 0 Å². The minimum Gasteiger partial charge on any atom is -0.369 e. The van der Waals surface area contributed by atoms with Crippen LogP contribution in [0.3, 0.4) is 0 Å². The lowest BCUT2D eigenvalue weighted by atomic mass is 10.2. The number of aromatic nitrogens is 2. The van der Waals surface area contributed by atoms with E-state index in [-0.39, 0.29) is 0 Å². The highest BCUT2D eigenvalue weighted by Crippen LogP contribution is 2.26. The van der Waals surface area contributed by atoms with E-state index in [1.807, 2.05) is 6.92 Å². The van der Waals surface area contributed by atoms with E-state index in [1.165, 1.54) is 19.3 Å². The Morgan fingerprint density at radius 1 is 1.12 bits per heavy atom. The standard InChI is InChI=1S/C11H19BrN4/c1-3-5-6-7-14-11-9(12)10(13-4-2)15-8-16-11/h8H,3-7H2,1-2H3,(H2,13,14,15,16). The van der Waals surface area contributed by atoms with Gasteiger partial charge in [-0.1, -0.05) is 19.8 Å². The minimum atomic E-state index is 0.843. The van der Waals surface area contributed by atoms with Gasteiger partial charge in [-0.25, -0.2) is 9.97 Å². The molecule has 0 spiro atoms. The molecular formula is C11H19BrN4. The summed E-state index contributed by atoms with van der Waals surface area (Å²) in [5.41, 5.74) is 0. The van der Waals surface area contributed by atoms with Gasteiger partial charge >= 0.3 is 0 Å². The topological polar surface area (TPSA) is 49.8 Å². The first-order chi connectivity index (χ1) is 7.79. The van der Waals surface area contributed by atoms with Crippen LogP contribution in [-0.4, -0.2) is 23.1 Å². The van der Waals surface area contributed by atoms with Crippen LogP contribution in [0.25, 0.3) is 0 Å². The molecule has 0 saturated heterocycles. The molecule has 0 fully saturated rings. The van der Waals surface area contributed by atoms with Gasteiger partial charge in [-0.2, -0.15) is 0 Å². The number of unbranched alkanes of at least 4 members (excludes halogenated alkanes) is 2. The molecule has 1 rings (SSSR count). The molecule has 5 heteroatoms. The van der Waals surface area contributed by atoms with E-state index in [2.05, 4.69) is 43.5 Å². The van der Waals surface area contributed by atoms with Crippen molar-refractivity contribution >= 4 is 27.6 Å². The average Bonchev–Trinajstić information content (AvgIpc) is 2.29. The molecule has 0 amide bonds. The SMILES string of the molecule is CCCCCNc1ncnc(NCC)c1Br. The van der Waals surface area contributed by atoms with E-state index in [0.717, 1.165) is 29.2 Å². The molecule has 0 unspecified atom stereocenters. The van der Waals surface area contributed by atoms with Gasteiger partial charge in [-0.15, -0.1) is 0 Å². The second kappa shape index (κ2) is 7.44. The Morgan fingerprint density at radius 3 is 2.44 bits per heavy atom. The Morgan fingerprint density at radius 2 is 1.81 bits per heavy atom. The van der Waals surface area contributed by atoms with Crippen molar-refractivity contribution in [1.29, 1.82) is 0 Å². The van der Waals surface area contributed by atoms with Crippen LogP contribution in [0.15, 0.2) is 10.8 Å². The van der Waals surface area contributed by atoms with Crippen molar-refractivity contribution in [2.45, 2.75) is 33.1 Å². The predicted molar refractivity (Wildman–Crippen MR) is 71.9 cm³/mol. The Bertz CT molecular complexity index is 317. The van der Waals surface area contributed by atoms with Gasteiger partial charge in [0, 0.05) is 13.1 Å². The number of nitrogens with zero attached hydrogens (tertiary/aromatic N) is 2. The molecule has 2 N–H and O–H groups in total. The van der Waals surface area contributed by atoms with Crippen LogP contribution in [0.4, 0.5) is 11.6 Å². The number of halogens is 1. The fourth-order valence-corrected chi connectivity index (χ4v) is 1.85. The third-order valence-electron chi connectivity index (χ3n) is 2.21. The number of anilines is 2. The molecule has 1 heterocycles. The van der Waals surface area contributed by atoms with Gasteiger partial charge in [-0.3, -0.25) is 0 Å². The molecule has 0 radical (unpaired) electrons. The maximum Gasteiger partial charge on any atom is 0.145 e. The maximum atomic E-state index is 4.21. The Kier molecular flexibility index (Phi) is 6.15. The molecule has 0 aliphatic heterocycles. The Balaban J connectivity index is 2.55. The number of hydrogen-bond donors (Lipinski definition) is 2. The first-order valence-electron chi connectivity index (χ1n) is 5.77. The van der Waals surface area contributed by atoms with Gasteiger partial charge in [0.15, 0.2) is 0 Å². The quantitative estimate of drug-likeness (QED) is 0.756. The summed E-state index contributed by atoms with van der Waals surface area (Å²) in [4.78, 5) is 8.37. The van der Waals surface area contributed by atoms with Crippen LogP contribution in [0, 0.1) is 0 Å². The van der Waals surface area contributed by atoms with Crippen LogP contribution in [0.1, 0.15) is 33.1 Å². The first kappa shape index (κ1) is 13.2. The molecule has 90 valence electrons. The lowest BCUT2D eigenvalue weighted by molar-refractivity contribution is 0.742. The molecule has 0 saturated carbocycles. The van der Waals surface area contributed by atoms with Crippen LogP contribution in [-0.2, 0) is 0 Å². The fraction of sp³-hybridized carbons (Fsp3) is 0.636. The average molecular weight is 287 g/mol. The number of nitrogens with one attached hydrogen (secondary N) is 2. The zero-order valence-corrected chi connectivity index (χ0v) is 11.5. The van der Waals surface area contributed by atoms with Crippen molar-refractivity contribution in [3.8, 4) is 0 Å². The van der Waals surface area contributed by atoms with E-state index in [0.29, 0.717) is 0 Å². The van der Waals surface area contributed by atoms with E-state index in [1.54, 1.807) is 6.33 Å². The van der Waals surface area contributed by atoms with Gasteiger partial charge in [0.05, 0.1) is 0 Å². The van der Waals surface area contributed by atoms with E-state index in [4.69, 9.17) is 0 Å². The van der Waals surface area contributed by atoms with Crippen LogP contribution < -0.4 is 10.6 Å². The van der Waals surface area contributed by atoms with Crippen molar-refractivity contribution in [2.75, 3.05) is 23.7 Å². The minimum absolute atomic E-state index is 0.843. The highest BCUT2D eigenvalue weighted by atomic mass is 79.9. The molecule has 0 aliphatic rings. The van der Waals surface area contributed by atoms with E-state index >= 15 is 0 Å². The third kappa shape index (κ3) is 3.96. The molecule has 1 aromatic heterocycles. The summed E-state index contributed by atoms with van der Waals surface area (Å²) in [6, 6.07) is 0. The lowest BCUT2D eigenvalue weighted by Gasteiger charge is -2.10. The predicted octanol–water partition coefficient (Wildman–Crippen LogP) is 3.27. The monoisotopic (exact) mass is 286 g/mol. The molecule has 4 nitrogen and oxygen atoms in total. The van der Waals surface area contributed by atoms with Gasteiger partial charge < -0.3 is 10.6 Å². The summed E-state index contributed by atoms with van der Waals surface area (Å²) >= 11 is 3.50. The molecule has 0 atom stereocenters. The molecule has 16 heavy (non-hydrogen) atoms. The highest BCUT2D eigenvalue weighted by molar-refractivity contribution is 9.10. The molecule has 0 aromatic carbocycles. The number of hydrogen-bond acceptors (Lipinski definition) is 4. The zero-order valence-electron chi connectivity index (χ0n) is 9.89. The summed E-state index contributed by atoms with van der Waals surface area (Å²) in [5, 5.41) is 6.49. The smallest absolute Gasteiger partial charge is 0.145 e. The normalized spacial score (nSPS) is 10.2. The van der Waals surface area contributed by atoms with Crippen molar-refractivity contribution in [3.05, 3.63) is 10.8 Å². The first-order valence-corrected chi connectivity index (χ1v) is 6.57. The molecule has 0 aliphatic carbocycles. The largest absolute Gasteiger partial charge is 0.369 e. The van der Waals surface area contributed by atoms with Gasteiger partial charge in [0.25, 0.3) is 0 Å². The van der Waals surface area contributed by atoms with Crippen LogP contribution in [0.5, 0.6) is 0 Å². The van der Waals surface area contributed by atoms with Gasteiger partial charge in [0.2, 0.25) is 0 Å². The summed E-state index contributed by atoms with van der Waals surface area (Å²) in [6.07, 6.45) is 5.22. The van der Waals surface area contributed by atoms with E-state index in [9.17, 15) is 0 Å². The third-order valence-corrected chi connectivity index (χ3v) is 2.96. The summed E-state index contributed by atoms with van der Waals surface area (Å²) in [7, 11) is 0. The van der Waals surface area contributed by atoms with Gasteiger partial charge in [-0.05, 0) is 29.3 Å². The lowest BCUT2D eigenvalue weighted by Crippen LogP contribution is -2.07. The molecule has 0 bridgehead atoms. The van der Waals surface area contributed by atoms with Gasteiger partial charge in [0.1, 0.15) is 22.4 Å². The molecule has 1 aromatic rings. The Labute approximate surface area is 105 Å². The summed E-state index contributed by atoms with van der Waals surface area (Å²) in [5.74, 6) is 1.71. The zero-order chi connectivity index (χ0) is 11.8.